The van der Waals surface area contributed by atoms with Crippen LogP contribution in [0, 0.1) is 0 Å². The van der Waals surface area contributed by atoms with Crippen LogP contribution in [0.3, 0.4) is 0 Å². The molecule has 0 saturated heterocycles. The van der Waals surface area contributed by atoms with Crippen molar-refractivity contribution in [1.82, 2.24) is 0 Å². The molecule has 0 aliphatic heterocycles. The number of aliphatic hydroxyl groups excluding tert-OH is 1. The minimum Gasteiger partial charge on any atom is -0.391 e. The van der Waals surface area contributed by atoms with Gasteiger partial charge in [-0.15, -0.1) is 11.6 Å². The predicted molar refractivity (Wildman–Crippen MR) is 55.2 cm³/mol. The molecule has 0 aromatic heterocycles. The van der Waals surface area contributed by atoms with Crippen molar-refractivity contribution in [2.45, 2.75) is 11.0 Å². The molecule has 1 aromatic rings. The van der Waals surface area contributed by atoms with Crippen LogP contribution in [0.2, 0.25) is 0 Å². The number of hydrogen-bond acceptors (Lipinski definition) is 3. The van der Waals surface area contributed by atoms with Gasteiger partial charge < -0.3 is 5.11 Å². The van der Waals surface area contributed by atoms with E-state index in [9.17, 15) is 8.42 Å². The Morgan fingerprint density at radius 1 is 1.29 bits per heavy atom. The fourth-order valence-electron chi connectivity index (χ4n) is 1.02. The van der Waals surface area contributed by atoms with Crippen LogP contribution < -0.4 is 0 Å². The molecule has 0 fully saturated rings. The highest BCUT2D eigenvalue weighted by atomic mass is 35.5. The monoisotopic (exact) mass is 234 g/mol. The Morgan fingerprint density at radius 2 is 1.86 bits per heavy atom. The predicted octanol–water partition coefficient (Wildman–Crippen LogP) is 1.06. The molecule has 0 radical (unpaired) electrons. The highest BCUT2D eigenvalue weighted by Gasteiger charge is 2.18. The van der Waals surface area contributed by atoms with Crippen molar-refractivity contribution >= 4 is 21.4 Å². The Balaban J connectivity index is 2.87. The van der Waals surface area contributed by atoms with E-state index in [0.717, 1.165) is 0 Å². The van der Waals surface area contributed by atoms with E-state index in [4.69, 9.17) is 16.7 Å². The molecular weight excluding hydrogens is 224 g/mol. The van der Waals surface area contributed by atoms with Gasteiger partial charge in [0.25, 0.3) is 0 Å². The third-order valence-electron chi connectivity index (χ3n) is 1.69. The molecule has 0 bridgehead atoms. The van der Waals surface area contributed by atoms with Gasteiger partial charge in [-0.25, -0.2) is 8.42 Å². The second-order valence-electron chi connectivity index (χ2n) is 2.90. The first-order valence-corrected chi connectivity index (χ1v) is 6.27. The maximum atomic E-state index is 11.6. The van der Waals surface area contributed by atoms with Crippen LogP contribution in [0.15, 0.2) is 35.2 Å². The second kappa shape index (κ2) is 4.77. The molecule has 1 atom stereocenters. The molecule has 14 heavy (non-hydrogen) atoms. The first-order chi connectivity index (χ1) is 6.56. The molecule has 3 nitrogen and oxygen atoms in total. The third-order valence-corrected chi connectivity index (χ3v) is 3.86. The van der Waals surface area contributed by atoms with Crippen molar-refractivity contribution in [1.29, 1.82) is 0 Å². The van der Waals surface area contributed by atoms with E-state index < -0.39 is 15.9 Å². The second-order valence-corrected chi connectivity index (χ2v) is 5.25. The zero-order valence-corrected chi connectivity index (χ0v) is 9.00. The number of alkyl halides is 1. The molecule has 1 rings (SSSR count). The molecule has 0 aliphatic rings. The highest BCUT2D eigenvalue weighted by Crippen LogP contribution is 2.11. The SMILES string of the molecule is O=S(=O)(CC(O)CCl)c1ccccc1. The van der Waals surface area contributed by atoms with Crippen molar-refractivity contribution < 1.29 is 13.5 Å². The summed E-state index contributed by atoms with van der Waals surface area (Å²) in [7, 11) is -3.41. The van der Waals surface area contributed by atoms with Crippen LogP contribution in [-0.4, -0.2) is 31.3 Å². The molecule has 0 spiro atoms. The van der Waals surface area contributed by atoms with Crippen molar-refractivity contribution in [3.8, 4) is 0 Å². The summed E-state index contributed by atoms with van der Waals surface area (Å²) >= 11 is 5.33. The summed E-state index contributed by atoms with van der Waals surface area (Å²) in [6, 6.07) is 8.00. The lowest BCUT2D eigenvalue weighted by Crippen LogP contribution is -2.22. The van der Waals surface area contributed by atoms with Gasteiger partial charge in [0.05, 0.1) is 16.8 Å². The summed E-state index contributed by atoms with van der Waals surface area (Å²) in [5, 5.41) is 9.14. The van der Waals surface area contributed by atoms with Gasteiger partial charge in [0.1, 0.15) is 0 Å². The van der Waals surface area contributed by atoms with E-state index >= 15 is 0 Å². The Bertz CT molecular complexity index is 374. The van der Waals surface area contributed by atoms with Crippen LogP contribution in [-0.2, 0) is 9.84 Å². The van der Waals surface area contributed by atoms with E-state index in [1.807, 2.05) is 0 Å². The fraction of sp³-hybridized carbons (Fsp3) is 0.333. The molecule has 0 amide bonds. The molecular formula is C9H11ClO3S. The summed E-state index contributed by atoms with van der Waals surface area (Å²) in [5.74, 6) is -0.410. The van der Waals surface area contributed by atoms with Crippen LogP contribution in [0.25, 0.3) is 0 Å². The van der Waals surface area contributed by atoms with Gasteiger partial charge in [-0.2, -0.15) is 0 Å². The molecule has 0 saturated carbocycles. The number of aliphatic hydroxyl groups is 1. The molecule has 78 valence electrons. The van der Waals surface area contributed by atoms with Gasteiger partial charge in [-0.05, 0) is 12.1 Å². The first kappa shape index (κ1) is 11.5. The van der Waals surface area contributed by atoms with Gasteiger partial charge >= 0.3 is 0 Å². The lowest BCUT2D eigenvalue weighted by molar-refractivity contribution is 0.221. The van der Waals surface area contributed by atoms with Crippen LogP contribution in [0.1, 0.15) is 0 Å². The van der Waals surface area contributed by atoms with Crippen LogP contribution in [0.4, 0.5) is 0 Å². The Kier molecular flexibility index (Phi) is 3.92. The van der Waals surface area contributed by atoms with Gasteiger partial charge in [-0.3, -0.25) is 0 Å². The maximum Gasteiger partial charge on any atom is 0.180 e. The fourth-order valence-corrected chi connectivity index (χ4v) is 2.65. The number of hydrogen-bond donors (Lipinski definition) is 1. The summed E-state index contributed by atoms with van der Waals surface area (Å²) in [4.78, 5) is 0.212. The van der Waals surface area contributed by atoms with Gasteiger partial charge in [0.2, 0.25) is 0 Å². The number of rotatable bonds is 4. The van der Waals surface area contributed by atoms with Crippen molar-refractivity contribution in [2.24, 2.45) is 0 Å². The van der Waals surface area contributed by atoms with Crippen molar-refractivity contribution in [3.63, 3.8) is 0 Å². The van der Waals surface area contributed by atoms with E-state index in [-0.39, 0.29) is 16.5 Å². The lowest BCUT2D eigenvalue weighted by Gasteiger charge is -2.07. The topological polar surface area (TPSA) is 54.4 Å². The molecule has 1 aromatic carbocycles. The van der Waals surface area contributed by atoms with E-state index in [2.05, 4.69) is 0 Å². The summed E-state index contributed by atoms with van der Waals surface area (Å²) < 4.78 is 23.2. The summed E-state index contributed by atoms with van der Waals surface area (Å²) in [6.45, 7) is 0. The molecule has 1 N–H and O–H groups in total. The van der Waals surface area contributed by atoms with Crippen molar-refractivity contribution in [2.75, 3.05) is 11.6 Å². The lowest BCUT2D eigenvalue weighted by atomic mass is 10.4. The Morgan fingerprint density at radius 3 is 2.36 bits per heavy atom. The number of benzene rings is 1. The summed E-state index contributed by atoms with van der Waals surface area (Å²) in [6.07, 6.45) is -1.01. The normalized spacial score (nSPS) is 13.9. The average Bonchev–Trinajstić information content (AvgIpc) is 2.18. The van der Waals surface area contributed by atoms with E-state index in [0.29, 0.717) is 0 Å². The highest BCUT2D eigenvalue weighted by molar-refractivity contribution is 7.91. The third kappa shape index (κ3) is 2.97. The largest absolute Gasteiger partial charge is 0.391 e. The smallest absolute Gasteiger partial charge is 0.180 e. The minimum absolute atomic E-state index is 0.0773. The first-order valence-electron chi connectivity index (χ1n) is 4.08. The molecule has 1 unspecified atom stereocenters. The number of halogens is 1. The number of sulfone groups is 1. The summed E-state index contributed by atoms with van der Waals surface area (Å²) in [5.41, 5.74) is 0. The molecule has 0 heterocycles. The van der Waals surface area contributed by atoms with Gasteiger partial charge in [-0.1, -0.05) is 18.2 Å². The van der Waals surface area contributed by atoms with Crippen LogP contribution >= 0.6 is 11.6 Å². The zero-order chi connectivity index (χ0) is 10.6. The van der Waals surface area contributed by atoms with Crippen LogP contribution in [0.5, 0.6) is 0 Å². The molecule has 0 aliphatic carbocycles. The quantitative estimate of drug-likeness (QED) is 0.793. The zero-order valence-electron chi connectivity index (χ0n) is 7.43. The molecule has 5 heteroatoms. The van der Waals surface area contributed by atoms with E-state index in [1.54, 1.807) is 18.2 Å². The Labute approximate surface area is 88.2 Å². The average molecular weight is 235 g/mol. The minimum atomic E-state index is -3.41. The standard InChI is InChI=1S/C9H11ClO3S/c10-6-8(11)7-14(12,13)9-4-2-1-3-5-9/h1-5,8,11H,6-7H2. The van der Waals surface area contributed by atoms with Crippen molar-refractivity contribution in [3.05, 3.63) is 30.3 Å². The Hall–Kier alpha value is -0.580. The maximum absolute atomic E-state index is 11.6. The van der Waals surface area contributed by atoms with Gasteiger partial charge in [0, 0.05) is 5.88 Å². The van der Waals surface area contributed by atoms with E-state index in [1.165, 1.54) is 12.1 Å². The van der Waals surface area contributed by atoms with Gasteiger partial charge in [0.15, 0.2) is 9.84 Å².